The molecule has 2 aromatic rings. The van der Waals surface area contributed by atoms with Gasteiger partial charge in [0.05, 0.1) is 24.0 Å². The van der Waals surface area contributed by atoms with Gasteiger partial charge >= 0.3 is 0 Å². The number of nitrogens with zero attached hydrogens (tertiary/aromatic N) is 1. The number of fused-ring (bicyclic) bond motifs is 2. The summed E-state index contributed by atoms with van der Waals surface area (Å²) in [6.45, 7) is 4.91. The molecule has 2 unspecified atom stereocenters. The van der Waals surface area contributed by atoms with Gasteiger partial charge in [0, 0.05) is 46.9 Å². The highest BCUT2D eigenvalue weighted by Gasteiger charge is 2.47. The average molecular weight is 607 g/mol. The molecular formula is C30H40ClFN4O4S. The van der Waals surface area contributed by atoms with E-state index in [4.69, 9.17) is 22.1 Å². The van der Waals surface area contributed by atoms with Gasteiger partial charge in [0.1, 0.15) is 5.82 Å². The van der Waals surface area contributed by atoms with E-state index in [1.165, 1.54) is 6.07 Å². The number of carbonyl (C=O) groups excluding carboxylic acids is 1. The van der Waals surface area contributed by atoms with Gasteiger partial charge in [0.2, 0.25) is 15.9 Å². The number of hydrogen-bond acceptors (Lipinski definition) is 6. The lowest BCUT2D eigenvalue weighted by atomic mass is 9.66. The zero-order valence-electron chi connectivity index (χ0n) is 23.6. The fourth-order valence-electron chi connectivity index (χ4n) is 7.00. The molecule has 0 aromatic heterocycles. The van der Waals surface area contributed by atoms with Gasteiger partial charge in [0.15, 0.2) is 0 Å². The first-order valence-corrected chi connectivity index (χ1v) is 16.5. The molecule has 2 bridgehead atoms. The molecule has 4 N–H and O–H groups in total. The summed E-state index contributed by atoms with van der Waals surface area (Å²) in [7, 11) is -3.36. The molecule has 7 atom stereocenters. The van der Waals surface area contributed by atoms with Crippen molar-refractivity contribution in [3.63, 3.8) is 0 Å². The van der Waals surface area contributed by atoms with Crippen LogP contribution in [-0.2, 0) is 31.4 Å². The van der Waals surface area contributed by atoms with Crippen molar-refractivity contribution >= 4 is 33.2 Å². The predicted octanol–water partition coefficient (Wildman–Crippen LogP) is 3.97. The van der Waals surface area contributed by atoms with Gasteiger partial charge in [-0.1, -0.05) is 29.8 Å². The Morgan fingerprint density at radius 1 is 1.22 bits per heavy atom. The van der Waals surface area contributed by atoms with Crippen LogP contribution in [0.1, 0.15) is 57.1 Å². The smallest absolute Gasteiger partial charge is 0.242 e. The number of anilines is 1. The molecule has 2 aromatic carbocycles. The number of hydrogen-bond donors (Lipinski definition) is 3. The second kappa shape index (κ2) is 12.3. The van der Waals surface area contributed by atoms with Gasteiger partial charge in [-0.3, -0.25) is 4.79 Å². The third-order valence-corrected chi connectivity index (χ3v) is 11.1. The number of rotatable bonds is 7. The Bertz CT molecular complexity index is 1350. The Morgan fingerprint density at radius 3 is 2.63 bits per heavy atom. The van der Waals surface area contributed by atoms with Crippen molar-refractivity contribution in [2.45, 2.75) is 88.1 Å². The largest absolute Gasteiger partial charge is 0.375 e. The van der Waals surface area contributed by atoms with Crippen molar-refractivity contribution in [3.05, 3.63) is 64.4 Å². The zero-order valence-corrected chi connectivity index (χ0v) is 25.2. The molecule has 41 heavy (non-hydrogen) atoms. The Kier molecular flexibility index (Phi) is 9.09. The van der Waals surface area contributed by atoms with Crippen LogP contribution < -0.4 is 16.4 Å². The summed E-state index contributed by atoms with van der Waals surface area (Å²) in [5.41, 5.74) is 7.68. The molecule has 0 aliphatic carbocycles. The topological polar surface area (TPSA) is 114 Å². The second-order valence-electron chi connectivity index (χ2n) is 11.9. The van der Waals surface area contributed by atoms with Crippen molar-refractivity contribution in [2.24, 2.45) is 5.73 Å². The highest BCUT2D eigenvalue weighted by molar-refractivity contribution is 7.89. The molecule has 1 amide bonds. The third-order valence-electron chi connectivity index (χ3n) is 8.93. The van der Waals surface area contributed by atoms with E-state index in [0.717, 1.165) is 12.0 Å². The lowest BCUT2D eigenvalue weighted by Gasteiger charge is -2.46. The monoisotopic (exact) mass is 606 g/mol. The van der Waals surface area contributed by atoms with Crippen LogP contribution in [0.2, 0.25) is 5.02 Å². The minimum Gasteiger partial charge on any atom is -0.375 e. The van der Waals surface area contributed by atoms with Crippen LogP contribution in [0.3, 0.4) is 0 Å². The van der Waals surface area contributed by atoms with E-state index in [1.807, 2.05) is 26.0 Å². The SMILES string of the molecule is C[C@@H]1CC(c2ccc(Cl)cc2)([C@H](N)C(=O)Nc2cccc(F)c2CC[C@H]2CN[C@@H]3CCCS(=O)(=O)N2C3)C[C@H](C)O1. The summed E-state index contributed by atoms with van der Waals surface area (Å²) in [5, 5.41) is 6.97. The number of nitrogens with two attached hydrogens (primary N) is 1. The fraction of sp³-hybridized carbons (Fsp3) is 0.567. The van der Waals surface area contributed by atoms with E-state index in [-0.39, 0.29) is 36.5 Å². The Morgan fingerprint density at radius 2 is 1.93 bits per heavy atom. The fourth-order valence-corrected chi connectivity index (χ4v) is 8.93. The van der Waals surface area contributed by atoms with Gasteiger partial charge in [-0.15, -0.1) is 0 Å². The normalized spacial score (nSPS) is 32.1. The van der Waals surface area contributed by atoms with Crippen LogP contribution in [0.15, 0.2) is 42.5 Å². The maximum Gasteiger partial charge on any atom is 0.242 e. The molecule has 3 aliphatic rings. The maximum absolute atomic E-state index is 15.2. The van der Waals surface area contributed by atoms with Gasteiger partial charge in [0.25, 0.3) is 0 Å². The summed E-state index contributed by atoms with van der Waals surface area (Å²) < 4.78 is 48.6. The quantitative estimate of drug-likeness (QED) is 0.440. The first-order valence-electron chi connectivity index (χ1n) is 14.5. The number of sulfonamides is 1. The van der Waals surface area contributed by atoms with Crippen molar-refractivity contribution in [2.75, 3.05) is 24.2 Å². The minimum absolute atomic E-state index is 0.114. The lowest BCUT2D eigenvalue weighted by Crippen LogP contribution is -2.57. The molecule has 0 spiro atoms. The summed E-state index contributed by atoms with van der Waals surface area (Å²) in [6, 6.07) is 10.9. The van der Waals surface area contributed by atoms with Gasteiger partial charge in [-0.05, 0) is 82.2 Å². The van der Waals surface area contributed by atoms with E-state index in [9.17, 15) is 13.2 Å². The minimum atomic E-state index is -3.36. The molecule has 224 valence electrons. The van der Waals surface area contributed by atoms with E-state index < -0.39 is 33.2 Å². The Balaban J connectivity index is 1.36. The van der Waals surface area contributed by atoms with Crippen LogP contribution >= 0.6 is 11.6 Å². The average Bonchev–Trinajstić information content (AvgIpc) is 3.03. The molecule has 3 aliphatic heterocycles. The Labute approximate surface area is 247 Å². The second-order valence-corrected chi connectivity index (χ2v) is 14.4. The first kappa shape index (κ1) is 30.4. The van der Waals surface area contributed by atoms with Gasteiger partial charge < -0.3 is 21.1 Å². The number of benzene rings is 2. The van der Waals surface area contributed by atoms with Crippen LogP contribution in [0.25, 0.3) is 0 Å². The number of nitrogens with one attached hydrogen (secondary N) is 2. The molecule has 3 saturated heterocycles. The van der Waals surface area contributed by atoms with Crippen molar-refractivity contribution in [1.29, 1.82) is 0 Å². The molecule has 5 rings (SSSR count). The van der Waals surface area contributed by atoms with E-state index in [1.54, 1.807) is 28.6 Å². The van der Waals surface area contributed by atoms with Crippen LogP contribution in [0.5, 0.6) is 0 Å². The number of halogens is 2. The zero-order chi connectivity index (χ0) is 29.4. The van der Waals surface area contributed by atoms with Crippen molar-refractivity contribution < 1.29 is 22.3 Å². The van der Waals surface area contributed by atoms with Crippen LogP contribution in [-0.4, -0.2) is 67.8 Å². The van der Waals surface area contributed by atoms with Crippen LogP contribution in [0.4, 0.5) is 10.1 Å². The van der Waals surface area contributed by atoms with Gasteiger partial charge in [-0.25, -0.2) is 12.8 Å². The summed E-state index contributed by atoms with van der Waals surface area (Å²) in [5.74, 6) is -0.721. The standard InChI is InChI=1S/C30H40ClFN4O4S/c1-19-15-30(16-20(2)40-19,21-8-10-22(31)11-9-21)28(33)29(37)35-27-7-3-6-26(32)25(27)13-12-24-17-34-23-5-4-14-41(38,39)36(24)18-23/h3,6-11,19-20,23-24,28,34H,4-5,12-18,33H2,1-2H3,(H,35,37)/t19-,20+,23-,24+,28-,30?/m1/s1. The first-order chi connectivity index (χ1) is 19.5. The molecule has 3 fully saturated rings. The van der Waals surface area contributed by atoms with Crippen molar-refractivity contribution in [1.82, 2.24) is 9.62 Å². The summed E-state index contributed by atoms with van der Waals surface area (Å²) in [4.78, 5) is 13.8. The number of carbonyl (C=O) groups is 1. The number of piperazine rings is 1. The molecule has 3 heterocycles. The predicted molar refractivity (Wildman–Crippen MR) is 159 cm³/mol. The molecule has 11 heteroatoms. The summed E-state index contributed by atoms with van der Waals surface area (Å²) >= 11 is 6.16. The molecule has 0 saturated carbocycles. The lowest BCUT2D eigenvalue weighted by molar-refractivity contribution is -0.122. The highest BCUT2D eigenvalue weighted by Crippen LogP contribution is 2.42. The molecule has 0 radical (unpaired) electrons. The van der Waals surface area contributed by atoms with E-state index >= 15 is 4.39 Å². The van der Waals surface area contributed by atoms with E-state index in [0.29, 0.717) is 55.0 Å². The molecular weight excluding hydrogens is 567 g/mol. The maximum atomic E-state index is 15.2. The number of ether oxygens (including phenoxy) is 1. The van der Waals surface area contributed by atoms with Gasteiger partial charge in [-0.2, -0.15) is 4.31 Å². The van der Waals surface area contributed by atoms with Crippen molar-refractivity contribution in [3.8, 4) is 0 Å². The van der Waals surface area contributed by atoms with Crippen LogP contribution in [0, 0.1) is 5.82 Å². The number of amides is 1. The highest BCUT2D eigenvalue weighted by atomic mass is 35.5. The third kappa shape index (κ3) is 6.48. The van der Waals surface area contributed by atoms with E-state index in [2.05, 4.69) is 10.6 Å². The summed E-state index contributed by atoms with van der Waals surface area (Å²) in [6.07, 6.45) is 3.02. The molecule has 8 nitrogen and oxygen atoms in total. The Hall–Kier alpha value is -2.08.